The molecule has 0 atom stereocenters. The lowest BCUT2D eigenvalue weighted by Gasteiger charge is -1.98. The maximum absolute atomic E-state index is 5.21. The monoisotopic (exact) mass is 285 g/mol. The van der Waals surface area contributed by atoms with Gasteiger partial charge in [0, 0.05) is 23.7 Å². The number of H-pyrrole nitrogens is 1. The minimum atomic E-state index is 0.839. The average Bonchev–Trinajstić information content (AvgIpc) is 2.90. The summed E-state index contributed by atoms with van der Waals surface area (Å²) in [5, 5.41) is 0.934. The molecule has 0 fully saturated rings. The lowest BCUT2D eigenvalue weighted by molar-refractivity contribution is 0.415. The molecule has 0 bridgehead atoms. The van der Waals surface area contributed by atoms with Gasteiger partial charge >= 0.3 is 0 Å². The van der Waals surface area contributed by atoms with E-state index in [-0.39, 0.29) is 0 Å². The minimum Gasteiger partial charge on any atom is -0.497 e. The Bertz CT molecular complexity index is 697. The number of fused-ring (bicyclic) bond motifs is 1. The van der Waals surface area contributed by atoms with Crippen molar-refractivity contribution < 1.29 is 4.74 Å². The van der Waals surface area contributed by atoms with Gasteiger partial charge in [-0.1, -0.05) is 17.8 Å². The van der Waals surface area contributed by atoms with Gasteiger partial charge in [-0.15, -0.1) is 0 Å². The highest BCUT2D eigenvalue weighted by Gasteiger charge is 2.04. The number of nitrogens with zero attached hydrogens (tertiary/aromatic N) is 2. The van der Waals surface area contributed by atoms with E-state index in [1.165, 1.54) is 0 Å². The Morgan fingerprint density at radius 3 is 3.00 bits per heavy atom. The Kier molecular flexibility index (Phi) is 3.87. The van der Waals surface area contributed by atoms with Crippen LogP contribution in [-0.4, -0.2) is 27.8 Å². The molecule has 0 aliphatic carbocycles. The predicted molar refractivity (Wildman–Crippen MR) is 81.3 cm³/mol. The zero-order chi connectivity index (χ0) is 13.8. The molecule has 0 spiro atoms. The van der Waals surface area contributed by atoms with E-state index in [2.05, 4.69) is 15.0 Å². The molecule has 0 unspecified atom stereocenters. The van der Waals surface area contributed by atoms with Crippen LogP contribution in [0.25, 0.3) is 11.0 Å². The van der Waals surface area contributed by atoms with Gasteiger partial charge in [0.25, 0.3) is 0 Å². The van der Waals surface area contributed by atoms with Gasteiger partial charge in [0.1, 0.15) is 5.75 Å². The molecule has 1 aromatic carbocycles. The molecule has 0 saturated heterocycles. The lowest BCUT2D eigenvalue weighted by atomic mass is 10.3. The van der Waals surface area contributed by atoms with Crippen LogP contribution in [0.4, 0.5) is 0 Å². The summed E-state index contributed by atoms with van der Waals surface area (Å²) in [6.07, 6.45) is 2.76. The summed E-state index contributed by atoms with van der Waals surface area (Å²) in [4.78, 5) is 12.2. The van der Waals surface area contributed by atoms with Crippen molar-refractivity contribution in [2.75, 3.05) is 12.9 Å². The van der Waals surface area contributed by atoms with Gasteiger partial charge in [0.2, 0.25) is 0 Å². The first-order valence-electron chi connectivity index (χ1n) is 6.41. The van der Waals surface area contributed by atoms with E-state index in [4.69, 9.17) is 4.74 Å². The van der Waals surface area contributed by atoms with Gasteiger partial charge in [0.05, 0.1) is 18.1 Å². The molecular formula is C15H15N3OS. The third-order valence-corrected chi connectivity index (χ3v) is 3.87. The number of nitrogens with one attached hydrogen (secondary N) is 1. The van der Waals surface area contributed by atoms with Gasteiger partial charge in [-0.3, -0.25) is 4.98 Å². The van der Waals surface area contributed by atoms with Crippen LogP contribution in [0.3, 0.4) is 0 Å². The van der Waals surface area contributed by atoms with Crippen LogP contribution >= 0.6 is 11.8 Å². The van der Waals surface area contributed by atoms with Gasteiger partial charge in [-0.05, 0) is 30.7 Å². The van der Waals surface area contributed by atoms with E-state index in [0.29, 0.717) is 0 Å². The molecule has 0 saturated carbocycles. The predicted octanol–water partition coefficient (Wildman–Crippen LogP) is 3.30. The number of hydrogen-bond donors (Lipinski definition) is 1. The number of aryl methyl sites for hydroxylation is 1. The largest absolute Gasteiger partial charge is 0.497 e. The molecule has 0 aliphatic heterocycles. The fourth-order valence-corrected chi connectivity index (χ4v) is 2.81. The second-order valence-electron chi connectivity index (χ2n) is 4.34. The number of aromatic nitrogens is 3. The molecular weight excluding hydrogens is 270 g/mol. The topological polar surface area (TPSA) is 50.8 Å². The number of thioether (sulfide) groups is 1. The third kappa shape index (κ3) is 2.93. The van der Waals surface area contributed by atoms with Crippen LogP contribution in [0.1, 0.15) is 5.69 Å². The summed E-state index contributed by atoms with van der Waals surface area (Å²) >= 11 is 1.71. The first-order valence-corrected chi connectivity index (χ1v) is 7.40. The Balaban J connectivity index is 1.66. The highest BCUT2D eigenvalue weighted by molar-refractivity contribution is 7.99. The van der Waals surface area contributed by atoms with Crippen molar-refractivity contribution in [3.8, 4) is 5.75 Å². The quantitative estimate of drug-likeness (QED) is 0.731. The molecule has 5 heteroatoms. The normalized spacial score (nSPS) is 10.8. The summed E-state index contributed by atoms with van der Waals surface area (Å²) in [5.74, 6) is 1.79. The summed E-state index contributed by atoms with van der Waals surface area (Å²) in [6, 6.07) is 11.8. The van der Waals surface area contributed by atoms with Gasteiger partial charge in [0.15, 0.2) is 5.16 Å². The van der Waals surface area contributed by atoms with Crippen LogP contribution in [0.5, 0.6) is 5.75 Å². The third-order valence-electron chi connectivity index (χ3n) is 2.99. The molecule has 2 heterocycles. The highest BCUT2D eigenvalue weighted by Crippen LogP contribution is 2.23. The molecule has 3 rings (SSSR count). The molecule has 20 heavy (non-hydrogen) atoms. The Morgan fingerprint density at radius 1 is 1.25 bits per heavy atom. The number of methoxy groups -OCH3 is 1. The zero-order valence-electron chi connectivity index (χ0n) is 11.2. The number of aromatic amines is 1. The van der Waals surface area contributed by atoms with E-state index in [1.54, 1.807) is 18.9 Å². The maximum Gasteiger partial charge on any atom is 0.166 e. The SMILES string of the molecule is COc1ccc2nc(SCCc3ccccn3)[nH]c2c1. The first kappa shape index (κ1) is 13.0. The lowest BCUT2D eigenvalue weighted by Crippen LogP contribution is -1.91. The first-order chi connectivity index (χ1) is 9.85. The maximum atomic E-state index is 5.21. The summed E-state index contributed by atoms with van der Waals surface area (Å²) in [7, 11) is 1.67. The molecule has 3 aromatic rings. The molecule has 4 nitrogen and oxygen atoms in total. The van der Waals surface area contributed by atoms with Gasteiger partial charge < -0.3 is 9.72 Å². The smallest absolute Gasteiger partial charge is 0.166 e. The summed E-state index contributed by atoms with van der Waals surface area (Å²) in [5.41, 5.74) is 3.08. The number of imidazole rings is 1. The minimum absolute atomic E-state index is 0.839. The molecule has 1 N–H and O–H groups in total. The van der Waals surface area contributed by atoms with Crippen molar-refractivity contribution in [2.45, 2.75) is 11.6 Å². The Labute approximate surface area is 121 Å². The molecule has 0 radical (unpaired) electrons. The van der Waals surface area contributed by atoms with Crippen molar-refractivity contribution in [1.29, 1.82) is 0 Å². The summed E-state index contributed by atoms with van der Waals surface area (Å²) in [6.45, 7) is 0. The van der Waals surface area contributed by atoms with Crippen molar-refractivity contribution >= 4 is 22.8 Å². The standard InChI is InChI=1S/C15H15N3OS/c1-19-12-5-6-13-14(10-12)18-15(17-13)20-9-7-11-4-2-3-8-16-11/h2-6,8,10H,7,9H2,1H3,(H,17,18). The van der Waals surface area contributed by atoms with Crippen LogP contribution < -0.4 is 4.74 Å². The van der Waals surface area contributed by atoms with E-state index >= 15 is 0 Å². The number of pyridine rings is 1. The van der Waals surface area contributed by atoms with Crippen LogP contribution in [0.15, 0.2) is 47.8 Å². The van der Waals surface area contributed by atoms with Crippen molar-refractivity contribution in [1.82, 2.24) is 15.0 Å². The van der Waals surface area contributed by atoms with E-state index in [0.717, 1.165) is 39.8 Å². The molecule has 2 aromatic heterocycles. The Morgan fingerprint density at radius 2 is 2.20 bits per heavy atom. The van der Waals surface area contributed by atoms with Crippen molar-refractivity contribution in [2.24, 2.45) is 0 Å². The van der Waals surface area contributed by atoms with Gasteiger partial charge in [-0.2, -0.15) is 0 Å². The number of ether oxygens (including phenoxy) is 1. The second kappa shape index (κ2) is 5.96. The van der Waals surface area contributed by atoms with E-state index in [9.17, 15) is 0 Å². The fraction of sp³-hybridized carbons (Fsp3) is 0.200. The van der Waals surface area contributed by atoms with E-state index < -0.39 is 0 Å². The number of rotatable bonds is 5. The summed E-state index contributed by atoms with van der Waals surface area (Å²) < 4.78 is 5.21. The molecule has 102 valence electrons. The zero-order valence-corrected chi connectivity index (χ0v) is 12.0. The number of hydrogen-bond acceptors (Lipinski definition) is 4. The van der Waals surface area contributed by atoms with Gasteiger partial charge in [-0.25, -0.2) is 4.98 Å². The molecule has 0 amide bonds. The van der Waals surface area contributed by atoms with E-state index in [1.807, 2.05) is 42.6 Å². The van der Waals surface area contributed by atoms with Crippen molar-refractivity contribution in [3.05, 3.63) is 48.3 Å². The van der Waals surface area contributed by atoms with Crippen LogP contribution in [0, 0.1) is 0 Å². The average molecular weight is 285 g/mol. The fourth-order valence-electron chi connectivity index (χ4n) is 1.96. The molecule has 0 aliphatic rings. The van der Waals surface area contributed by atoms with Crippen LogP contribution in [-0.2, 0) is 6.42 Å². The highest BCUT2D eigenvalue weighted by atomic mass is 32.2. The Hall–Kier alpha value is -2.01. The second-order valence-corrected chi connectivity index (χ2v) is 5.43. The van der Waals surface area contributed by atoms with Crippen LogP contribution in [0.2, 0.25) is 0 Å². The number of benzene rings is 1. The van der Waals surface area contributed by atoms with Crippen molar-refractivity contribution in [3.63, 3.8) is 0 Å².